The first kappa shape index (κ1) is 13.8. The van der Waals surface area contributed by atoms with Crippen LogP contribution in [0.5, 0.6) is 0 Å². The van der Waals surface area contributed by atoms with E-state index in [9.17, 15) is 9.18 Å². The van der Waals surface area contributed by atoms with Crippen molar-refractivity contribution in [1.82, 2.24) is 4.90 Å². The van der Waals surface area contributed by atoms with Gasteiger partial charge in [0, 0.05) is 23.5 Å². The van der Waals surface area contributed by atoms with Gasteiger partial charge in [0.2, 0.25) is 0 Å². The SMILES string of the molecule is Cc1c(C(=O)N2CC3(CCC3)C[C@@H]2C)oc2c(F)cccc12. The largest absolute Gasteiger partial charge is 0.448 e. The van der Waals surface area contributed by atoms with E-state index in [-0.39, 0.29) is 17.5 Å². The van der Waals surface area contributed by atoms with Crippen molar-refractivity contribution >= 4 is 16.9 Å². The lowest BCUT2D eigenvalue weighted by molar-refractivity contribution is 0.0670. The van der Waals surface area contributed by atoms with Gasteiger partial charge in [0.25, 0.3) is 5.91 Å². The number of rotatable bonds is 1. The molecule has 2 fully saturated rings. The average molecular weight is 301 g/mol. The summed E-state index contributed by atoms with van der Waals surface area (Å²) in [6.07, 6.45) is 4.78. The highest BCUT2D eigenvalue weighted by molar-refractivity contribution is 5.99. The number of aryl methyl sites for hydroxylation is 1. The molecule has 1 atom stereocenters. The number of fused-ring (bicyclic) bond motifs is 1. The number of hydrogen-bond donors (Lipinski definition) is 0. The second-order valence-corrected chi connectivity index (χ2v) is 7.01. The molecule has 2 heterocycles. The smallest absolute Gasteiger partial charge is 0.290 e. The summed E-state index contributed by atoms with van der Waals surface area (Å²) in [4.78, 5) is 14.8. The second-order valence-electron chi connectivity index (χ2n) is 7.01. The van der Waals surface area contributed by atoms with E-state index in [1.54, 1.807) is 12.1 Å². The van der Waals surface area contributed by atoms with E-state index in [4.69, 9.17) is 4.42 Å². The van der Waals surface area contributed by atoms with E-state index in [1.165, 1.54) is 25.3 Å². The number of amides is 1. The molecule has 1 aliphatic carbocycles. The van der Waals surface area contributed by atoms with Crippen molar-refractivity contribution in [2.24, 2.45) is 5.41 Å². The Kier molecular flexibility index (Phi) is 2.87. The van der Waals surface area contributed by atoms with Crippen LogP contribution >= 0.6 is 0 Å². The predicted octanol–water partition coefficient (Wildman–Crippen LogP) is 4.29. The summed E-state index contributed by atoms with van der Waals surface area (Å²) in [6.45, 7) is 4.74. The summed E-state index contributed by atoms with van der Waals surface area (Å²) in [7, 11) is 0. The quantitative estimate of drug-likeness (QED) is 0.787. The highest BCUT2D eigenvalue weighted by Gasteiger charge is 2.48. The van der Waals surface area contributed by atoms with Crippen molar-refractivity contribution in [3.63, 3.8) is 0 Å². The van der Waals surface area contributed by atoms with Gasteiger partial charge >= 0.3 is 0 Å². The second kappa shape index (κ2) is 4.58. The van der Waals surface area contributed by atoms with Gasteiger partial charge < -0.3 is 9.32 Å². The Morgan fingerprint density at radius 3 is 2.77 bits per heavy atom. The number of furan rings is 1. The molecule has 0 bridgehead atoms. The fraction of sp³-hybridized carbons (Fsp3) is 0.500. The zero-order valence-corrected chi connectivity index (χ0v) is 13.0. The molecule has 1 aromatic heterocycles. The third-order valence-corrected chi connectivity index (χ3v) is 5.55. The van der Waals surface area contributed by atoms with Crippen LogP contribution in [-0.2, 0) is 0 Å². The molecule has 2 aliphatic rings. The molecule has 1 aromatic carbocycles. The van der Waals surface area contributed by atoms with Crippen molar-refractivity contribution < 1.29 is 13.6 Å². The summed E-state index contributed by atoms with van der Waals surface area (Å²) in [5, 5.41) is 0.688. The van der Waals surface area contributed by atoms with Crippen LogP contribution in [0.1, 0.15) is 48.7 Å². The number of benzene rings is 1. The van der Waals surface area contributed by atoms with Gasteiger partial charge in [-0.2, -0.15) is 0 Å². The minimum absolute atomic E-state index is 0.0932. The van der Waals surface area contributed by atoms with E-state index in [0.29, 0.717) is 16.6 Å². The Hall–Kier alpha value is -1.84. The van der Waals surface area contributed by atoms with E-state index in [1.807, 2.05) is 11.8 Å². The van der Waals surface area contributed by atoms with Crippen LogP contribution in [0.25, 0.3) is 11.0 Å². The molecular weight excluding hydrogens is 281 g/mol. The highest BCUT2D eigenvalue weighted by atomic mass is 19.1. The third kappa shape index (κ3) is 1.82. The van der Waals surface area contributed by atoms with Crippen LogP contribution in [0.2, 0.25) is 0 Å². The summed E-state index contributed by atoms with van der Waals surface area (Å²) >= 11 is 0. The average Bonchev–Trinajstić information content (AvgIpc) is 2.98. The molecule has 3 nitrogen and oxygen atoms in total. The van der Waals surface area contributed by atoms with Gasteiger partial charge in [0.05, 0.1) is 0 Å². The van der Waals surface area contributed by atoms with Crippen LogP contribution in [-0.4, -0.2) is 23.4 Å². The van der Waals surface area contributed by atoms with E-state index >= 15 is 0 Å². The summed E-state index contributed by atoms with van der Waals surface area (Å²) < 4.78 is 19.5. The number of carbonyl (C=O) groups is 1. The van der Waals surface area contributed by atoms with Crippen molar-refractivity contribution in [2.75, 3.05) is 6.54 Å². The molecule has 1 spiro atoms. The minimum atomic E-state index is -0.412. The lowest BCUT2D eigenvalue weighted by Crippen LogP contribution is -2.37. The summed E-state index contributed by atoms with van der Waals surface area (Å²) in [5.41, 5.74) is 1.26. The number of hydrogen-bond acceptors (Lipinski definition) is 2. The van der Waals surface area contributed by atoms with Crippen LogP contribution in [0.15, 0.2) is 22.6 Å². The maximum absolute atomic E-state index is 13.9. The first-order valence-corrected chi connectivity index (χ1v) is 7.99. The lowest BCUT2D eigenvalue weighted by atomic mass is 9.68. The van der Waals surface area contributed by atoms with Gasteiger partial charge in [-0.15, -0.1) is 0 Å². The Labute approximate surface area is 129 Å². The Morgan fingerprint density at radius 2 is 2.18 bits per heavy atom. The van der Waals surface area contributed by atoms with Gasteiger partial charge in [-0.05, 0) is 44.6 Å². The van der Waals surface area contributed by atoms with Crippen LogP contribution in [0, 0.1) is 18.2 Å². The fourth-order valence-corrected chi connectivity index (χ4v) is 4.17. The molecule has 22 heavy (non-hydrogen) atoms. The maximum atomic E-state index is 13.9. The minimum Gasteiger partial charge on any atom is -0.448 e. The molecule has 4 rings (SSSR count). The molecule has 0 radical (unpaired) electrons. The molecule has 1 amide bonds. The highest BCUT2D eigenvalue weighted by Crippen LogP contribution is 2.50. The Bertz CT molecular complexity index is 760. The monoisotopic (exact) mass is 301 g/mol. The molecule has 0 unspecified atom stereocenters. The van der Waals surface area contributed by atoms with Crippen LogP contribution in [0.3, 0.4) is 0 Å². The molecule has 1 saturated carbocycles. The summed E-state index contributed by atoms with van der Waals surface area (Å²) in [5.74, 6) is -0.211. The van der Waals surface area contributed by atoms with Crippen molar-refractivity contribution in [1.29, 1.82) is 0 Å². The zero-order chi connectivity index (χ0) is 15.5. The first-order valence-electron chi connectivity index (χ1n) is 7.99. The van der Waals surface area contributed by atoms with Crippen molar-refractivity contribution in [2.45, 2.75) is 45.6 Å². The molecule has 116 valence electrons. The van der Waals surface area contributed by atoms with Crippen LogP contribution < -0.4 is 0 Å². The number of halogens is 1. The number of nitrogens with zero attached hydrogens (tertiary/aromatic N) is 1. The van der Waals surface area contributed by atoms with Gasteiger partial charge in [-0.1, -0.05) is 18.6 Å². The molecule has 1 saturated heterocycles. The fourth-order valence-electron chi connectivity index (χ4n) is 4.17. The van der Waals surface area contributed by atoms with E-state index in [2.05, 4.69) is 6.92 Å². The maximum Gasteiger partial charge on any atom is 0.290 e. The van der Waals surface area contributed by atoms with E-state index in [0.717, 1.165) is 18.5 Å². The number of carbonyl (C=O) groups excluding carboxylic acids is 1. The van der Waals surface area contributed by atoms with Crippen LogP contribution in [0.4, 0.5) is 4.39 Å². The third-order valence-electron chi connectivity index (χ3n) is 5.55. The standard InChI is InChI=1S/C18H20FNO2/c1-11-9-18(7-4-8-18)10-20(11)17(21)15-12(2)13-5-3-6-14(19)16(13)22-15/h3,5-6,11H,4,7-10H2,1-2H3/t11-/m0/s1. The first-order chi connectivity index (χ1) is 10.5. The Balaban J connectivity index is 1.71. The molecule has 0 N–H and O–H groups in total. The van der Waals surface area contributed by atoms with Crippen molar-refractivity contribution in [3.05, 3.63) is 35.3 Å². The van der Waals surface area contributed by atoms with E-state index < -0.39 is 5.82 Å². The molecule has 2 aromatic rings. The van der Waals surface area contributed by atoms with Gasteiger partial charge in [0.15, 0.2) is 17.2 Å². The zero-order valence-electron chi connectivity index (χ0n) is 13.0. The molecule has 4 heteroatoms. The van der Waals surface area contributed by atoms with Gasteiger partial charge in [-0.25, -0.2) is 4.39 Å². The molecule has 1 aliphatic heterocycles. The van der Waals surface area contributed by atoms with Crippen molar-refractivity contribution in [3.8, 4) is 0 Å². The van der Waals surface area contributed by atoms with Gasteiger partial charge in [0.1, 0.15) is 0 Å². The lowest BCUT2D eigenvalue weighted by Gasteiger charge is -2.37. The number of para-hydroxylation sites is 1. The van der Waals surface area contributed by atoms with Gasteiger partial charge in [-0.3, -0.25) is 4.79 Å². The summed E-state index contributed by atoms with van der Waals surface area (Å²) in [6, 6.07) is 5.04. The topological polar surface area (TPSA) is 33.5 Å². The number of likely N-dealkylation sites (tertiary alicyclic amines) is 1. The molecular formula is C18H20FNO2. The predicted molar refractivity (Wildman–Crippen MR) is 82.3 cm³/mol. The normalized spacial score (nSPS) is 23.2. The Morgan fingerprint density at radius 1 is 1.41 bits per heavy atom.